The molecule has 1 N–H and O–H groups in total. The van der Waals surface area contributed by atoms with Crippen LogP contribution in [0.4, 0.5) is 0 Å². The Balaban J connectivity index is 0.00000300. The van der Waals surface area contributed by atoms with Gasteiger partial charge in [-0.2, -0.15) is 0 Å². The van der Waals surface area contributed by atoms with E-state index >= 15 is 0 Å². The van der Waals surface area contributed by atoms with Gasteiger partial charge in [0.1, 0.15) is 23.9 Å². The lowest BCUT2D eigenvalue weighted by Gasteiger charge is -2.36. The third kappa shape index (κ3) is 7.07. The largest absolute Gasteiger partial charge is 0.497 e. The van der Waals surface area contributed by atoms with E-state index in [2.05, 4.69) is 25.3 Å². The number of piperazine rings is 1. The first kappa shape index (κ1) is 23.3. The van der Waals surface area contributed by atoms with Crippen molar-refractivity contribution in [1.82, 2.24) is 20.3 Å². The maximum absolute atomic E-state index is 5.96. The van der Waals surface area contributed by atoms with Gasteiger partial charge in [-0.1, -0.05) is 5.16 Å². The highest BCUT2D eigenvalue weighted by Gasteiger charge is 2.20. The topological polar surface area (TPSA) is 75.4 Å². The van der Waals surface area contributed by atoms with E-state index in [1.165, 1.54) is 0 Å². The van der Waals surface area contributed by atoms with Gasteiger partial charge in [0.25, 0.3) is 0 Å². The summed E-state index contributed by atoms with van der Waals surface area (Å²) < 4.78 is 16.0. The molecule has 2 aromatic rings. The number of rotatable bonds is 7. The van der Waals surface area contributed by atoms with E-state index < -0.39 is 0 Å². The van der Waals surface area contributed by atoms with Crippen molar-refractivity contribution in [2.24, 2.45) is 4.99 Å². The van der Waals surface area contributed by atoms with Gasteiger partial charge < -0.3 is 24.2 Å². The molecule has 0 bridgehead atoms. The normalized spacial score (nSPS) is 16.1. The standard InChI is InChI=1S/C20H29N5O3.HI/c1-16(28-19-6-4-18(26-3)5-7-19)14-22-20(21-2)25-11-9-24(10-12-25)15-17-8-13-27-23-17;/h4-8,13,16H,9-12,14-15H2,1-3H3,(H,21,22);1H. The maximum atomic E-state index is 5.96. The van der Waals surface area contributed by atoms with Gasteiger partial charge in [-0.05, 0) is 31.2 Å². The zero-order valence-corrected chi connectivity index (χ0v) is 19.5. The van der Waals surface area contributed by atoms with Crippen LogP contribution in [0.2, 0.25) is 0 Å². The second kappa shape index (κ2) is 11.9. The van der Waals surface area contributed by atoms with Crippen molar-refractivity contribution in [3.05, 3.63) is 42.3 Å². The Labute approximate surface area is 189 Å². The Morgan fingerprint density at radius 1 is 1.17 bits per heavy atom. The van der Waals surface area contributed by atoms with E-state index in [-0.39, 0.29) is 30.1 Å². The van der Waals surface area contributed by atoms with Gasteiger partial charge >= 0.3 is 0 Å². The Morgan fingerprint density at radius 2 is 1.86 bits per heavy atom. The number of methoxy groups -OCH3 is 1. The quantitative estimate of drug-likeness (QED) is 0.345. The molecule has 1 atom stereocenters. The van der Waals surface area contributed by atoms with Crippen LogP contribution in [0, 0.1) is 0 Å². The fraction of sp³-hybridized carbons (Fsp3) is 0.500. The molecule has 1 aromatic carbocycles. The van der Waals surface area contributed by atoms with Crippen LogP contribution in [0.15, 0.2) is 46.1 Å². The number of benzene rings is 1. The summed E-state index contributed by atoms with van der Waals surface area (Å²) in [5.74, 6) is 2.55. The molecule has 1 aliphatic heterocycles. The Morgan fingerprint density at radius 3 is 2.45 bits per heavy atom. The van der Waals surface area contributed by atoms with Crippen molar-refractivity contribution in [2.75, 3.05) is 46.9 Å². The number of aromatic nitrogens is 1. The summed E-state index contributed by atoms with van der Waals surface area (Å²) in [4.78, 5) is 9.08. The first-order valence-corrected chi connectivity index (χ1v) is 9.56. The molecule has 1 aliphatic rings. The van der Waals surface area contributed by atoms with Crippen molar-refractivity contribution in [1.29, 1.82) is 0 Å². The highest BCUT2D eigenvalue weighted by molar-refractivity contribution is 14.0. The fourth-order valence-electron chi connectivity index (χ4n) is 3.16. The monoisotopic (exact) mass is 515 g/mol. The van der Waals surface area contributed by atoms with Crippen LogP contribution in [-0.2, 0) is 6.54 Å². The van der Waals surface area contributed by atoms with E-state index in [1.54, 1.807) is 13.4 Å². The van der Waals surface area contributed by atoms with Gasteiger partial charge in [0.2, 0.25) is 0 Å². The van der Waals surface area contributed by atoms with Gasteiger partial charge in [0.15, 0.2) is 5.96 Å². The third-order valence-electron chi connectivity index (χ3n) is 4.70. The van der Waals surface area contributed by atoms with Crippen LogP contribution in [-0.4, -0.2) is 73.9 Å². The van der Waals surface area contributed by atoms with Gasteiger partial charge in [-0.3, -0.25) is 9.89 Å². The number of ether oxygens (including phenoxy) is 2. The van der Waals surface area contributed by atoms with Crippen molar-refractivity contribution >= 4 is 29.9 Å². The van der Waals surface area contributed by atoms with Gasteiger partial charge in [0.05, 0.1) is 19.3 Å². The number of halogens is 1. The van der Waals surface area contributed by atoms with E-state index in [1.807, 2.05) is 44.3 Å². The molecule has 160 valence electrons. The maximum Gasteiger partial charge on any atom is 0.193 e. The molecule has 0 aliphatic carbocycles. The molecule has 0 spiro atoms. The summed E-state index contributed by atoms with van der Waals surface area (Å²) in [5, 5.41) is 7.41. The average Bonchev–Trinajstić information content (AvgIpc) is 3.23. The van der Waals surface area contributed by atoms with E-state index in [0.29, 0.717) is 6.54 Å². The second-order valence-corrected chi connectivity index (χ2v) is 6.79. The zero-order valence-electron chi connectivity index (χ0n) is 17.2. The number of hydrogen-bond acceptors (Lipinski definition) is 6. The molecule has 8 nitrogen and oxygen atoms in total. The summed E-state index contributed by atoms with van der Waals surface area (Å²) in [6.45, 7) is 7.31. The van der Waals surface area contributed by atoms with Gasteiger partial charge in [-0.15, -0.1) is 24.0 Å². The molecule has 0 saturated carbocycles. The Bertz CT molecular complexity index is 731. The second-order valence-electron chi connectivity index (χ2n) is 6.79. The minimum atomic E-state index is 0. The minimum Gasteiger partial charge on any atom is -0.497 e. The molecule has 0 amide bonds. The van der Waals surface area contributed by atoms with Crippen LogP contribution in [0.3, 0.4) is 0 Å². The molecule has 0 radical (unpaired) electrons. The van der Waals surface area contributed by atoms with Crippen LogP contribution in [0.25, 0.3) is 0 Å². The lowest BCUT2D eigenvalue weighted by Crippen LogP contribution is -2.53. The molecular formula is C20H30IN5O3. The predicted molar refractivity (Wildman–Crippen MR) is 123 cm³/mol. The van der Waals surface area contributed by atoms with Crippen molar-refractivity contribution in [3.8, 4) is 11.5 Å². The van der Waals surface area contributed by atoms with Gasteiger partial charge in [0, 0.05) is 45.8 Å². The predicted octanol–water partition coefficient (Wildman–Crippen LogP) is 2.46. The van der Waals surface area contributed by atoms with Crippen LogP contribution < -0.4 is 14.8 Å². The number of nitrogens with zero attached hydrogens (tertiary/aromatic N) is 4. The van der Waals surface area contributed by atoms with E-state index in [4.69, 9.17) is 14.0 Å². The molecule has 9 heteroatoms. The zero-order chi connectivity index (χ0) is 19.8. The summed E-state index contributed by atoms with van der Waals surface area (Å²) in [6, 6.07) is 9.54. The molecule has 29 heavy (non-hydrogen) atoms. The molecule has 2 heterocycles. The highest BCUT2D eigenvalue weighted by Crippen LogP contribution is 2.18. The number of hydrogen-bond donors (Lipinski definition) is 1. The lowest BCUT2D eigenvalue weighted by atomic mass is 10.3. The molecular weight excluding hydrogens is 485 g/mol. The lowest BCUT2D eigenvalue weighted by molar-refractivity contribution is 0.167. The van der Waals surface area contributed by atoms with E-state index in [9.17, 15) is 0 Å². The SMILES string of the molecule is CN=C(NCC(C)Oc1ccc(OC)cc1)N1CCN(Cc2ccon2)CC1.I. The highest BCUT2D eigenvalue weighted by atomic mass is 127. The van der Waals surface area contributed by atoms with Crippen LogP contribution in [0.5, 0.6) is 11.5 Å². The molecule has 1 fully saturated rings. The van der Waals surface area contributed by atoms with Gasteiger partial charge in [-0.25, -0.2) is 0 Å². The van der Waals surface area contributed by atoms with Crippen LogP contribution in [0.1, 0.15) is 12.6 Å². The Hall–Kier alpha value is -2.01. The number of guanidine groups is 1. The molecule has 1 unspecified atom stereocenters. The first-order valence-electron chi connectivity index (χ1n) is 9.56. The molecule has 1 aromatic heterocycles. The van der Waals surface area contributed by atoms with E-state index in [0.717, 1.165) is 55.9 Å². The molecule has 1 saturated heterocycles. The number of aliphatic imine (C=N–C) groups is 1. The third-order valence-corrected chi connectivity index (χ3v) is 4.70. The minimum absolute atomic E-state index is 0. The summed E-state index contributed by atoms with van der Waals surface area (Å²) >= 11 is 0. The summed E-state index contributed by atoms with van der Waals surface area (Å²) in [6.07, 6.45) is 1.63. The Kier molecular flexibility index (Phi) is 9.52. The molecule has 3 rings (SSSR count). The van der Waals surface area contributed by atoms with Crippen molar-refractivity contribution < 1.29 is 14.0 Å². The summed E-state index contributed by atoms with van der Waals surface area (Å²) in [7, 11) is 3.47. The van der Waals surface area contributed by atoms with Crippen molar-refractivity contribution in [2.45, 2.75) is 19.6 Å². The summed E-state index contributed by atoms with van der Waals surface area (Å²) in [5.41, 5.74) is 0.973. The number of nitrogens with one attached hydrogen (secondary N) is 1. The van der Waals surface area contributed by atoms with Crippen molar-refractivity contribution in [3.63, 3.8) is 0 Å². The smallest absolute Gasteiger partial charge is 0.193 e. The average molecular weight is 515 g/mol. The first-order chi connectivity index (χ1) is 13.7. The van der Waals surface area contributed by atoms with Crippen LogP contribution >= 0.6 is 24.0 Å². The fourth-order valence-corrected chi connectivity index (χ4v) is 3.16.